The Morgan fingerprint density at radius 1 is 1.26 bits per heavy atom. The Morgan fingerprint density at radius 3 is 2.68 bits per heavy atom. The lowest BCUT2D eigenvalue weighted by Gasteiger charge is -2.07. The second-order valence-electron chi connectivity index (χ2n) is 4.29. The summed E-state index contributed by atoms with van der Waals surface area (Å²) in [6.45, 7) is 1.88. The summed E-state index contributed by atoms with van der Waals surface area (Å²) in [5.74, 6) is -0.438. The second-order valence-corrected chi connectivity index (χ2v) is 5.62. The lowest BCUT2D eigenvalue weighted by molar-refractivity contribution is 0.0992. The summed E-state index contributed by atoms with van der Waals surface area (Å²) in [5.41, 5.74) is 2.19. The van der Waals surface area contributed by atoms with Crippen molar-refractivity contribution in [3.8, 4) is 0 Å². The minimum atomic E-state index is -0.403. The molecule has 4 heteroatoms. The topological polar surface area (TPSA) is 17.1 Å². The lowest BCUT2D eigenvalue weighted by atomic mass is 9.99. The minimum absolute atomic E-state index is 0.0349. The van der Waals surface area contributed by atoms with Crippen LogP contribution >= 0.6 is 27.5 Å². The van der Waals surface area contributed by atoms with E-state index in [1.807, 2.05) is 19.1 Å². The molecule has 0 radical (unpaired) electrons. The number of Topliss-reactive ketones (excluding diaryl/α,β-unsaturated/α-hetero) is 1. The van der Waals surface area contributed by atoms with E-state index in [1.165, 1.54) is 12.1 Å². The number of hydrogen-bond acceptors (Lipinski definition) is 1. The number of ketones is 1. The molecular weight excluding hydrogens is 331 g/mol. The molecule has 19 heavy (non-hydrogen) atoms. The molecule has 98 valence electrons. The summed E-state index contributed by atoms with van der Waals surface area (Å²) in [4.78, 5) is 12.3. The maximum absolute atomic E-state index is 12.9. The van der Waals surface area contributed by atoms with E-state index >= 15 is 0 Å². The first kappa shape index (κ1) is 14.2. The van der Waals surface area contributed by atoms with E-state index in [-0.39, 0.29) is 17.2 Å². The Hall–Kier alpha value is -1.19. The Bertz CT molecular complexity index is 640. The van der Waals surface area contributed by atoms with Crippen LogP contribution in [0.2, 0.25) is 5.02 Å². The van der Waals surface area contributed by atoms with Gasteiger partial charge in [-0.1, -0.05) is 39.7 Å². The zero-order chi connectivity index (χ0) is 14.0. The molecule has 0 heterocycles. The Kier molecular flexibility index (Phi) is 4.38. The maximum atomic E-state index is 12.9. The average molecular weight is 342 g/mol. The molecule has 0 unspecified atom stereocenters. The standard InChI is InChI=1S/C15H11BrClFO/c1-9-2-4-11(16)7-13(9)15(19)6-10-3-5-12(18)8-14(10)17/h2-5,7-8H,6H2,1H3. The zero-order valence-electron chi connectivity index (χ0n) is 10.2. The molecule has 0 aliphatic heterocycles. The predicted molar refractivity (Wildman–Crippen MR) is 78.3 cm³/mol. The minimum Gasteiger partial charge on any atom is -0.294 e. The summed E-state index contributed by atoms with van der Waals surface area (Å²) in [5, 5.41) is 0.279. The number of hydrogen-bond donors (Lipinski definition) is 0. The van der Waals surface area contributed by atoms with E-state index in [2.05, 4.69) is 15.9 Å². The molecule has 0 N–H and O–H groups in total. The van der Waals surface area contributed by atoms with Gasteiger partial charge in [0.15, 0.2) is 5.78 Å². The first-order valence-electron chi connectivity index (χ1n) is 5.70. The predicted octanol–water partition coefficient (Wildman–Crippen LogP) is 4.98. The van der Waals surface area contributed by atoms with Crippen molar-refractivity contribution in [2.75, 3.05) is 0 Å². The van der Waals surface area contributed by atoms with E-state index in [0.717, 1.165) is 10.0 Å². The van der Waals surface area contributed by atoms with Crippen LogP contribution < -0.4 is 0 Å². The van der Waals surface area contributed by atoms with Crippen LogP contribution in [0.1, 0.15) is 21.5 Å². The first-order valence-corrected chi connectivity index (χ1v) is 6.88. The van der Waals surface area contributed by atoms with Gasteiger partial charge in [0.1, 0.15) is 5.82 Å². The van der Waals surface area contributed by atoms with Crippen LogP contribution in [0.25, 0.3) is 0 Å². The van der Waals surface area contributed by atoms with Gasteiger partial charge in [-0.05, 0) is 42.3 Å². The molecule has 0 spiro atoms. The van der Waals surface area contributed by atoms with E-state index < -0.39 is 5.82 Å². The largest absolute Gasteiger partial charge is 0.294 e. The second kappa shape index (κ2) is 5.85. The number of benzene rings is 2. The summed E-state index contributed by atoms with van der Waals surface area (Å²) in [6.07, 6.45) is 0.163. The molecule has 0 saturated carbocycles. The van der Waals surface area contributed by atoms with Gasteiger partial charge in [0.25, 0.3) is 0 Å². The van der Waals surface area contributed by atoms with Gasteiger partial charge >= 0.3 is 0 Å². The fourth-order valence-electron chi connectivity index (χ4n) is 1.83. The Labute approximate surface area is 124 Å². The summed E-state index contributed by atoms with van der Waals surface area (Å²) in [6, 6.07) is 9.62. The third kappa shape index (κ3) is 3.43. The van der Waals surface area contributed by atoms with Crippen LogP contribution in [-0.4, -0.2) is 5.78 Å². The quantitative estimate of drug-likeness (QED) is 0.720. The van der Waals surface area contributed by atoms with Crippen molar-refractivity contribution in [1.82, 2.24) is 0 Å². The summed E-state index contributed by atoms with van der Waals surface area (Å²) in [7, 11) is 0. The molecule has 0 aromatic heterocycles. The molecule has 0 aliphatic carbocycles. The highest BCUT2D eigenvalue weighted by atomic mass is 79.9. The van der Waals surface area contributed by atoms with Crippen molar-refractivity contribution in [3.63, 3.8) is 0 Å². The van der Waals surface area contributed by atoms with Gasteiger partial charge in [0, 0.05) is 21.5 Å². The highest BCUT2D eigenvalue weighted by Crippen LogP contribution is 2.22. The Balaban J connectivity index is 2.28. The van der Waals surface area contributed by atoms with Gasteiger partial charge < -0.3 is 0 Å². The Morgan fingerprint density at radius 2 is 2.00 bits per heavy atom. The molecule has 0 fully saturated rings. The maximum Gasteiger partial charge on any atom is 0.167 e. The molecule has 1 nitrogen and oxygen atoms in total. The molecular formula is C15H11BrClFO. The monoisotopic (exact) mass is 340 g/mol. The fraction of sp³-hybridized carbons (Fsp3) is 0.133. The van der Waals surface area contributed by atoms with Gasteiger partial charge in [-0.3, -0.25) is 4.79 Å². The average Bonchev–Trinajstić information content (AvgIpc) is 2.35. The number of rotatable bonds is 3. The van der Waals surface area contributed by atoms with Crippen molar-refractivity contribution in [2.24, 2.45) is 0 Å². The van der Waals surface area contributed by atoms with Gasteiger partial charge in [0.2, 0.25) is 0 Å². The highest BCUT2D eigenvalue weighted by Gasteiger charge is 2.12. The smallest absolute Gasteiger partial charge is 0.167 e. The number of aryl methyl sites for hydroxylation is 1. The van der Waals surface area contributed by atoms with E-state index in [4.69, 9.17) is 11.6 Å². The van der Waals surface area contributed by atoms with Crippen LogP contribution in [0, 0.1) is 12.7 Å². The van der Waals surface area contributed by atoms with Crippen LogP contribution in [0.5, 0.6) is 0 Å². The lowest BCUT2D eigenvalue weighted by Crippen LogP contribution is -2.06. The van der Waals surface area contributed by atoms with Crippen molar-refractivity contribution in [1.29, 1.82) is 0 Å². The van der Waals surface area contributed by atoms with Gasteiger partial charge in [-0.15, -0.1) is 0 Å². The van der Waals surface area contributed by atoms with Crippen molar-refractivity contribution < 1.29 is 9.18 Å². The van der Waals surface area contributed by atoms with Crippen molar-refractivity contribution in [2.45, 2.75) is 13.3 Å². The zero-order valence-corrected chi connectivity index (χ0v) is 12.6. The van der Waals surface area contributed by atoms with Crippen LogP contribution in [0.3, 0.4) is 0 Å². The molecule has 0 saturated heterocycles. The third-order valence-electron chi connectivity index (χ3n) is 2.87. The molecule has 0 amide bonds. The SMILES string of the molecule is Cc1ccc(Br)cc1C(=O)Cc1ccc(F)cc1Cl. The normalized spacial score (nSPS) is 10.5. The molecule has 2 aromatic carbocycles. The number of halogens is 3. The fourth-order valence-corrected chi connectivity index (χ4v) is 2.42. The van der Waals surface area contributed by atoms with Gasteiger partial charge in [-0.2, -0.15) is 0 Å². The molecule has 0 bridgehead atoms. The van der Waals surface area contributed by atoms with Crippen LogP contribution in [-0.2, 0) is 6.42 Å². The van der Waals surface area contributed by atoms with Crippen molar-refractivity contribution in [3.05, 3.63) is 68.4 Å². The van der Waals surface area contributed by atoms with Crippen LogP contribution in [0.4, 0.5) is 4.39 Å². The third-order valence-corrected chi connectivity index (χ3v) is 3.71. The van der Waals surface area contributed by atoms with E-state index in [9.17, 15) is 9.18 Å². The van der Waals surface area contributed by atoms with Gasteiger partial charge in [-0.25, -0.2) is 4.39 Å². The van der Waals surface area contributed by atoms with Crippen LogP contribution in [0.15, 0.2) is 40.9 Å². The molecule has 2 rings (SSSR count). The summed E-state index contributed by atoms with van der Waals surface area (Å²) >= 11 is 9.28. The van der Waals surface area contributed by atoms with Gasteiger partial charge in [0.05, 0.1) is 0 Å². The van der Waals surface area contributed by atoms with Crippen molar-refractivity contribution >= 4 is 33.3 Å². The first-order chi connectivity index (χ1) is 8.97. The summed E-state index contributed by atoms with van der Waals surface area (Å²) < 4.78 is 13.8. The van der Waals surface area contributed by atoms with E-state index in [1.54, 1.807) is 12.1 Å². The molecule has 0 aliphatic rings. The highest BCUT2D eigenvalue weighted by molar-refractivity contribution is 9.10. The molecule has 0 atom stereocenters. The molecule has 2 aromatic rings. The number of carbonyl (C=O) groups is 1. The van der Waals surface area contributed by atoms with E-state index in [0.29, 0.717) is 11.1 Å². The number of carbonyl (C=O) groups excluding carboxylic acids is 1.